The maximum atomic E-state index is 11.1. The molecule has 1 amide bonds. The Morgan fingerprint density at radius 1 is 1.29 bits per heavy atom. The number of amides is 1. The van der Waals surface area contributed by atoms with Crippen molar-refractivity contribution in [2.45, 2.75) is 38.6 Å². The summed E-state index contributed by atoms with van der Waals surface area (Å²) < 4.78 is 4.71. The van der Waals surface area contributed by atoms with Gasteiger partial charge in [-0.3, -0.25) is 4.79 Å². The number of nitrogens with one attached hydrogen (secondary N) is 1. The van der Waals surface area contributed by atoms with Gasteiger partial charge in [0, 0.05) is 6.42 Å². The molecule has 0 bridgehead atoms. The second-order valence-electron chi connectivity index (χ2n) is 3.46. The molecular formula is C10H17NO6. The van der Waals surface area contributed by atoms with Crippen molar-refractivity contribution < 1.29 is 29.3 Å². The van der Waals surface area contributed by atoms with Gasteiger partial charge in [0.05, 0.1) is 6.61 Å². The zero-order valence-corrected chi connectivity index (χ0v) is 9.64. The van der Waals surface area contributed by atoms with Crippen molar-refractivity contribution >= 4 is 18.0 Å². The molecule has 98 valence electrons. The van der Waals surface area contributed by atoms with Gasteiger partial charge in [-0.1, -0.05) is 13.3 Å². The molecule has 1 atom stereocenters. The SMILES string of the molecule is CCCCOC(=O)N[C@@H](CCC(=O)O)C(=O)O. The van der Waals surface area contributed by atoms with Crippen molar-refractivity contribution in [1.82, 2.24) is 5.32 Å². The van der Waals surface area contributed by atoms with Crippen LogP contribution in [0.25, 0.3) is 0 Å². The summed E-state index contributed by atoms with van der Waals surface area (Å²) in [6.45, 7) is 2.14. The fourth-order valence-corrected chi connectivity index (χ4v) is 1.02. The summed E-state index contributed by atoms with van der Waals surface area (Å²) in [7, 11) is 0. The summed E-state index contributed by atoms with van der Waals surface area (Å²) >= 11 is 0. The van der Waals surface area contributed by atoms with Gasteiger partial charge in [0.1, 0.15) is 6.04 Å². The standard InChI is InChI=1S/C10H17NO6/c1-2-3-6-17-10(16)11-7(9(14)15)4-5-8(12)13/h7H,2-6H2,1H3,(H,11,16)(H,12,13)(H,14,15)/t7-/m0/s1. The smallest absolute Gasteiger partial charge is 0.407 e. The van der Waals surface area contributed by atoms with Gasteiger partial charge < -0.3 is 20.3 Å². The zero-order chi connectivity index (χ0) is 13.3. The summed E-state index contributed by atoms with van der Waals surface area (Å²) in [6.07, 6.45) is 0.213. The first kappa shape index (κ1) is 15.2. The van der Waals surface area contributed by atoms with E-state index in [1.165, 1.54) is 0 Å². The average Bonchev–Trinajstić information content (AvgIpc) is 2.23. The highest BCUT2D eigenvalue weighted by molar-refractivity contribution is 5.80. The largest absolute Gasteiger partial charge is 0.481 e. The molecule has 0 rings (SSSR count). The molecule has 0 aliphatic carbocycles. The number of unbranched alkanes of at least 4 members (excludes halogenated alkanes) is 1. The lowest BCUT2D eigenvalue weighted by molar-refractivity contribution is -0.140. The third-order valence-corrected chi connectivity index (χ3v) is 1.97. The molecule has 17 heavy (non-hydrogen) atoms. The first-order chi connectivity index (χ1) is 7.97. The van der Waals surface area contributed by atoms with E-state index in [0.717, 1.165) is 6.42 Å². The average molecular weight is 247 g/mol. The molecule has 0 radical (unpaired) electrons. The van der Waals surface area contributed by atoms with Crippen molar-refractivity contribution in [3.05, 3.63) is 0 Å². The monoisotopic (exact) mass is 247 g/mol. The maximum absolute atomic E-state index is 11.1. The summed E-state index contributed by atoms with van der Waals surface area (Å²) in [5.41, 5.74) is 0. The van der Waals surface area contributed by atoms with Crippen molar-refractivity contribution in [3.63, 3.8) is 0 Å². The lowest BCUT2D eigenvalue weighted by Crippen LogP contribution is -2.41. The van der Waals surface area contributed by atoms with Gasteiger partial charge in [-0.05, 0) is 12.8 Å². The molecule has 0 aromatic rings. The molecule has 7 heteroatoms. The molecule has 0 saturated carbocycles. The number of aliphatic carboxylic acids is 2. The zero-order valence-electron chi connectivity index (χ0n) is 9.64. The van der Waals surface area contributed by atoms with E-state index in [1.807, 2.05) is 6.92 Å². The number of hydrogen-bond donors (Lipinski definition) is 3. The van der Waals surface area contributed by atoms with E-state index in [-0.39, 0.29) is 19.4 Å². The molecule has 3 N–H and O–H groups in total. The minimum Gasteiger partial charge on any atom is -0.481 e. The van der Waals surface area contributed by atoms with E-state index in [2.05, 4.69) is 5.32 Å². The number of carbonyl (C=O) groups is 3. The van der Waals surface area contributed by atoms with Crippen LogP contribution in [0, 0.1) is 0 Å². The molecule has 0 aliphatic rings. The second-order valence-corrected chi connectivity index (χ2v) is 3.46. The van der Waals surface area contributed by atoms with E-state index >= 15 is 0 Å². The van der Waals surface area contributed by atoms with E-state index in [9.17, 15) is 14.4 Å². The Bertz CT molecular complexity index is 278. The van der Waals surface area contributed by atoms with Crippen molar-refractivity contribution in [2.75, 3.05) is 6.61 Å². The minimum atomic E-state index is -1.28. The van der Waals surface area contributed by atoms with Gasteiger partial charge in [-0.25, -0.2) is 9.59 Å². The fourth-order valence-electron chi connectivity index (χ4n) is 1.02. The van der Waals surface area contributed by atoms with E-state index in [1.54, 1.807) is 0 Å². The third-order valence-electron chi connectivity index (χ3n) is 1.97. The molecule has 0 saturated heterocycles. The number of alkyl carbamates (subject to hydrolysis) is 1. The molecule has 0 heterocycles. The van der Waals surface area contributed by atoms with Crippen LogP contribution in [0.2, 0.25) is 0 Å². The Balaban J connectivity index is 4.02. The van der Waals surface area contributed by atoms with Crippen molar-refractivity contribution in [1.29, 1.82) is 0 Å². The van der Waals surface area contributed by atoms with Gasteiger partial charge >= 0.3 is 18.0 Å². The summed E-state index contributed by atoms with van der Waals surface area (Å²) in [6, 6.07) is -1.24. The molecule has 0 aliphatic heterocycles. The van der Waals surface area contributed by atoms with Gasteiger partial charge in [-0.15, -0.1) is 0 Å². The Morgan fingerprint density at radius 3 is 2.41 bits per heavy atom. The van der Waals surface area contributed by atoms with E-state index < -0.39 is 24.1 Å². The third kappa shape index (κ3) is 8.06. The highest BCUT2D eigenvalue weighted by Gasteiger charge is 2.21. The lowest BCUT2D eigenvalue weighted by Gasteiger charge is -2.13. The van der Waals surface area contributed by atoms with Crippen LogP contribution in [-0.4, -0.2) is 40.9 Å². The minimum absolute atomic E-state index is 0.173. The molecule has 7 nitrogen and oxygen atoms in total. The summed E-state index contributed by atoms with van der Waals surface area (Å²) in [4.78, 5) is 32.1. The Labute approximate surface area is 98.8 Å². The predicted molar refractivity (Wildman–Crippen MR) is 57.7 cm³/mol. The van der Waals surface area contributed by atoms with Crippen LogP contribution in [-0.2, 0) is 14.3 Å². The van der Waals surface area contributed by atoms with Crippen LogP contribution in [0.15, 0.2) is 0 Å². The first-order valence-corrected chi connectivity index (χ1v) is 5.35. The highest BCUT2D eigenvalue weighted by Crippen LogP contribution is 1.99. The van der Waals surface area contributed by atoms with Crippen LogP contribution in [0.5, 0.6) is 0 Å². The number of rotatable bonds is 8. The van der Waals surface area contributed by atoms with Gasteiger partial charge in [0.25, 0.3) is 0 Å². The number of carboxylic acids is 2. The Kier molecular flexibility index (Phi) is 7.49. The quantitative estimate of drug-likeness (QED) is 0.547. The van der Waals surface area contributed by atoms with Crippen LogP contribution in [0.3, 0.4) is 0 Å². The van der Waals surface area contributed by atoms with Crippen LogP contribution < -0.4 is 5.32 Å². The highest BCUT2D eigenvalue weighted by atomic mass is 16.5. The Hall–Kier alpha value is -1.79. The first-order valence-electron chi connectivity index (χ1n) is 5.35. The molecule has 0 spiro atoms. The second kappa shape index (κ2) is 8.37. The van der Waals surface area contributed by atoms with Gasteiger partial charge in [-0.2, -0.15) is 0 Å². The summed E-state index contributed by atoms with van der Waals surface area (Å²) in [5.74, 6) is -2.39. The Morgan fingerprint density at radius 2 is 1.94 bits per heavy atom. The van der Waals surface area contributed by atoms with Crippen molar-refractivity contribution in [3.8, 4) is 0 Å². The number of carboxylic acid groups (broad SMARTS) is 2. The van der Waals surface area contributed by atoms with Crippen LogP contribution in [0.1, 0.15) is 32.6 Å². The predicted octanol–water partition coefficient (Wildman–Crippen LogP) is 0.831. The normalized spacial score (nSPS) is 11.6. The molecule has 0 fully saturated rings. The van der Waals surface area contributed by atoms with Crippen LogP contribution >= 0.6 is 0 Å². The summed E-state index contributed by atoms with van der Waals surface area (Å²) in [5, 5.41) is 19.3. The number of carbonyl (C=O) groups excluding carboxylic acids is 1. The lowest BCUT2D eigenvalue weighted by atomic mass is 10.1. The topological polar surface area (TPSA) is 113 Å². The molecule has 0 aromatic heterocycles. The number of hydrogen-bond acceptors (Lipinski definition) is 4. The van der Waals surface area contributed by atoms with Crippen LogP contribution in [0.4, 0.5) is 4.79 Å². The molecule has 0 aromatic carbocycles. The fraction of sp³-hybridized carbons (Fsp3) is 0.700. The van der Waals surface area contributed by atoms with Crippen molar-refractivity contribution in [2.24, 2.45) is 0 Å². The maximum Gasteiger partial charge on any atom is 0.407 e. The van der Waals surface area contributed by atoms with E-state index in [4.69, 9.17) is 14.9 Å². The molecular weight excluding hydrogens is 230 g/mol. The number of ether oxygens (including phenoxy) is 1. The van der Waals surface area contributed by atoms with Gasteiger partial charge in [0.2, 0.25) is 0 Å². The molecule has 0 unspecified atom stereocenters. The van der Waals surface area contributed by atoms with Gasteiger partial charge in [0.15, 0.2) is 0 Å². The van der Waals surface area contributed by atoms with E-state index in [0.29, 0.717) is 6.42 Å².